The van der Waals surface area contributed by atoms with Crippen molar-refractivity contribution in [1.29, 1.82) is 0 Å². The number of carbonyl (C=O) groups is 2. The molecule has 10 heteroatoms. The number of carbonyl (C=O) groups excluding carboxylic acids is 2. The first-order valence-electron chi connectivity index (χ1n) is 8.85. The number of benzene rings is 2. The number of nitrogens with one attached hydrogen (secondary N) is 1. The van der Waals surface area contributed by atoms with Gasteiger partial charge in [0.2, 0.25) is 15.9 Å². The molecule has 0 aliphatic carbocycles. The zero-order valence-electron chi connectivity index (χ0n) is 15.3. The van der Waals surface area contributed by atoms with Crippen LogP contribution in [0.1, 0.15) is 10.4 Å². The smallest absolute Gasteiger partial charge is 0.254 e. The average molecular weight is 440 g/mol. The lowest BCUT2D eigenvalue weighted by atomic mass is 10.2. The predicted molar refractivity (Wildman–Crippen MR) is 106 cm³/mol. The molecule has 2 amide bonds. The summed E-state index contributed by atoms with van der Waals surface area (Å²) in [7, 11) is -3.67. The van der Waals surface area contributed by atoms with Crippen molar-refractivity contribution in [2.45, 2.75) is 4.90 Å². The molecule has 3 rings (SSSR count). The summed E-state index contributed by atoms with van der Waals surface area (Å²) in [6, 6.07) is 11.4. The second-order valence-corrected chi connectivity index (χ2v) is 8.78. The van der Waals surface area contributed by atoms with Gasteiger partial charge in [-0.3, -0.25) is 9.59 Å². The van der Waals surface area contributed by atoms with E-state index >= 15 is 0 Å². The van der Waals surface area contributed by atoms with Gasteiger partial charge in [0.05, 0.1) is 17.0 Å². The molecule has 0 saturated carbocycles. The third kappa shape index (κ3) is 4.92. The Labute approximate surface area is 173 Å². The Hall–Kier alpha value is -2.49. The van der Waals surface area contributed by atoms with E-state index in [0.717, 1.165) is 6.07 Å². The van der Waals surface area contributed by atoms with Crippen LogP contribution in [0.15, 0.2) is 53.4 Å². The SMILES string of the molecule is O=C(NCC(=O)N1CCN(S(=O)(=O)c2ccc(Cl)cc2)CC1)c1ccccc1F. The summed E-state index contributed by atoms with van der Waals surface area (Å²) in [5.74, 6) is -1.71. The van der Waals surface area contributed by atoms with Crippen LogP contribution in [-0.4, -0.2) is 62.2 Å². The molecule has 2 aromatic rings. The summed E-state index contributed by atoms with van der Waals surface area (Å²) in [5.41, 5.74) is -0.140. The van der Waals surface area contributed by atoms with E-state index in [9.17, 15) is 22.4 Å². The van der Waals surface area contributed by atoms with Gasteiger partial charge in [0, 0.05) is 31.2 Å². The van der Waals surface area contributed by atoms with Crippen molar-refractivity contribution < 1.29 is 22.4 Å². The van der Waals surface area contributed by atoms with Gasteiger partial charge in [-0.15, -0.1) is 0 Å². The lowest BCUT2D eigenvalue weighted by molar-refractivity contribution is -0.131. The Kier molecular flexibility index (Phi) is 6.51. The highest BCUT2D eigenvalue weighted by Gasteiger charge is 2.30. The molecule has 1 fully saturated rings. The highest BCUT2D eigenvalue weighted by Crippen LogP contribution is 2.19. The topological polar surface area (TPSA) is 86.8 Å². The van der Waals surface area contributed by atoms with Gasteiger partial charge < -0.3 is 10.2 Å². The van der Waals surface area contributed by atoms with Crippen LogP contribution in [0.3, 0.4) is 0 Å². The molecule has 1 aliphatic rings. The molecule has 2 aromatic carbocycles. The van der Waals surface area contributed by atoms with Gasteiger partial charge in [-0.05, 0) is 36.4 Å². The van der Waals surface area contributed by atoms with Crippen LogP contribution in [0.2, 0.25) is 5.02 Å². The Morgan fingerprint density at radius 1 is 1.00 bits per heavy atom. The molecule has 1 aliphatic heterocycles. The average Bonchev–Trinajstić information content (AvgIpc) is 2.72. The molecular formula is C19H19ClFN3O4S. The van der Waals surface area contributed by atoms with Crippen LogP contribution in [0.5, 0.6) is 0 Å². The maximum atomic E-state index is 13.6. The molecule has 29 heavy (non-hydrogen) atoms. The van der Waals surface area contributed by atoms with E-state index in [1.807, 2.05) is 0 Å². The monoisotopic (exact) mass is 439 g/mol. The minimum Gasteiger partial charge on any atom is -0.343 e. The van der Waals surface area contributed by atoms with E-state index in [1.165, 1.54) is 51.7 Å². The number of hydrogen-bond donors (Lipinski definition) is 1. The van der Waals surface area contributed by atoms with Crippen LogP contribution >= 0.6 is 11.6 Å². The Morgan fingerprint density at radius 2 is 1.62 bits per heavy atom. The maximum Gasteiger partial charge on any atom is 0.254 e. The van der Waals surface area contributed by atoms with Crippen molar-refractivity contribution in [1.82, 2.24) is 14.5 Å². The summed E-state index contributed by atoms with van der Waals surface area (Å²) in [4.78, 5) is 25.9. The molecule has 0 spiro atoms. The second-order valence-electron chi connectivity index (χ2n) is 6.40. The summed E-state index contributed by atoms with van der Waals surface area (Å²) >= 11 is 5.80. The molecule has 7 nitrogen and oxygen atoms in total. The second kappa shape index (κ2) is 8.89. The van der Waals surface area contributed by atoms with Gasteiger partial charge in [0.15, 0.2) is 0 Å². The fourth-order valence-corrected chi connectivity index (χ4v) is 4.49. The van der Waals surface area contributed by atoms with Crippen molar-refractivity contribution >= 4 is 33.4 Å². The zero-order valence-corrected chi connectivity index (χ0v) is 16.9. The molecule has 1 heterocycles. The van der Waals surface area contributed by atoms with E-state index in [2.05, 4.69) is 5.32 Å². The van der Waals surface area contributed by atoms with E-state index in [1.54, 1.807) is 0 Å². The standard InChI is InChI=1S/C19H19ClFN3O4S/c20-14-5-7-15(8-6-14)29(27,28)24-11-9-23(10-12-24)18(25)13-22-19(26)16-3-1-2-4-17(16)21/h1-8H,9-13H2,(H,22,26). The molecular weight excluding hydrogens is 421 g/mol. The summed E-state index contributed by atoms with van der Waals surface area (Å²) in [6.07, 6.45) is 0. The number of amides is 2. The van der Waals surface area contributed by atoms with Gasteiger partial charge >= 0.3 is 0 Å². The molecule has 0 aromatic heterocycles. The Balaban J connectivity index is 1.53. The Bertz CT molecular complexity index is 1010. The number of piperazine rings is 1. The van der Waals surface area contributed by atoms with Crippen LogP contribution < -0.4 is 5.32 Å². The number of hydrogen-bond acceptors (Lipinski definition) is 4. The largest absolute Gasteiger partial charge is 0.343 e. The first kappa shape index (κ1) is 21.2. The van der Waals surface area contributed by atoms with Crippen LogP contribution in [0, 0.1) is 5.82 Å². The summed E-state index contributed by atoms with van der Waals surface area (Å²) < 4.78 is 40.2. The third-order valence-corrected chi connectivity index (χ3v) is 6.73. The van der Waals surface area contributed by atoms with Crippen LogP contribution in [0.4, 0.5) is 4.39 Å². The van der Waals surface area contributed by atoms with E-state index in [-0.39, 0.29) is 49.1 Å². The van der Waals surface area contributed by atoms with Gasteiger partial charge in [-0.1, -0.05) is 23.7 Å². The number of rotatable bonds is 5. The highest BCUT2D eigenvalue weighted by atomic mass is 35.5. The lowest BCUT2D eigenvalue weighted by Crippen LogP contribution is -2.52. The molecule has 1 N–H and O–H groups in total. The first-order chi connectivity index (χ1) is 13.8. The zero-order chi connectivity index (χ0) is 21.0. The van der Waals surface area contributed by atoms with Crippen molar-refractivity contribution in [3.8, 4) is 0 Å². The van der Waals surface area contributed by atoms with Gasteiger partial charge in [-0.2, -0.15) is 4.31 Å². The van der Waals surface area contributed by atoms with Crippen LogP contribution in [-0.2, 0) is 14.8 Å². The van der Waals surface area contributed by atoms with Crippen molar-refractivity contribution in [2.75, 3.05) is 32.7 Å². The van der Waals surface area contributed by atoms with Gasteiger partial charge in [0.25, 0.3) is 5.91 Å². The highest BCUT2D eigenvalue weighted by molar-refractivity contribution is 7.89. The third-order valence-electron chi connectivity index (χ3n) is 4.56. The quantitative estimate of drug-likeness (QED) is 0.768. The maximum absolute atomic E-state index is 13.6. The van der Waals surface area contributed by atoms with Crippen LogP contribution in [0.25, 0.3) is 0 Å². The van der Waals surface area contributed by atoms with Crippen molar-refractivity contribution in [3.63, 3.8) is 0 Å². The first-order valence-corrected chi connectivity index (χ1v) is 10.7. The minimum atomic E-state index is -3.67. The molecule has 1 saturated heterocycles. The fourth-order valence-electron chi connectivity index (χ4n) is 2.94. The fraction of sp³-hybridized carbons (Fsp3) is 0.263. The molecule has 0 bridgehead atoms. The number of halogens is 2. The molecule has 0 unspecified atom stereocenters. The normalized spacial score (nSPS) is 15.2. The Morgan fingerprint density at radius 3 is 2.24 bits per heavy atom. The predicted octanol–water partition coefficient (Wildman–Crippen LogP) is 1.74. The van der Waals surface area contributed by atoms with Gasteiger partial charge in [-0.25, -0.2) is 12.8 Å². The molecule has 154 valence electrons. The van der Waals surface area contributed by atoms with Gasteiger partial charge in [0.1, 0.15) is 5.82 Å². The number of sulfonamides is 1. The van der Waals surface area contributed by atoms with Crippen molar-refractivity contribution in [2.24, 2.45) is 0 Å². The number of nitrogens with zero attached hydrogens (tertiary/aromatic N) is 2. The summed E-state index contributed by atoms with van der Waals surface area (Å²) in [6.45, 7) is 0.371. The van der Waals surface area contributed by atoms with E-state index in [0.29, 0.717) is 5.02 Å². The van der Waals surface area contributed by atoms with E-state index < -0.39 is 21.7 Å². The van der Waals surface area contributed by atoms with Crippen molar-refractivity contribution in [3.05, 3.63) is 64.9 Å². The van der Waals surface area contributed by atoms with E-state index in [4.69, 9.17) is 11.6 Å². The summed E-state index contributed by atoms with van der Waals surface area (Å²) in [5, 5.41) is 2.84. The molecule has 0 atom stereocenters. The molecule has 0 radical (unpaired) electrons. The lowest BCUT2D eigenvalue weighted by Gasteiger charge is -2.34. The minimum absolute atomic E-state index is 0.137.